The molecule has 88 valence electrons. The molecule has 4 nitrogen and oxygen atoms in total. The molecule has 2 rings (SSSR count). The van der Waals surface area contributed by atoms with Gasteiger partial charge in [0.25, 0.3) is 0 Å². The quantitative estimate of drug-likeness (QED) is 0.850. The molecule has 0 bridgehead atoms. The van der Waals surface area contributed by atoms with Crippen LogP contribution in [0, 0.1) is 0 Å². The number of rotatable bonds is 3. The number of hydrogen-bond donors (Lipinski definition) is 1. The summed E-state index contributed by atoms with van der Waals surface area (Å²) in [4.78, 5) is 10.9. The van der Waals surface area contributed by atoms with Gasteiger partial charge in [-0.3, -0.25) is 9.48 Å². The fourth-order valence-electron chi connectivity index (χ4n) is 2.40. The van der Waals surface area contributed by atoms with Crippen LogP contribution in [-0.4, -0.2) is 20.9 Å². The predicted octanol–water partition coefficient (Wildman–Crippen LogP) is 1.97. The Morgan fingerprint density at radius 2 is 2.12 bits per heavy atom. The third-order valence-corrected chi connectivity index (χ3v) is 3.10. The molecule has 16 heavy (non-hydrogen) atoms. The topological polar surface area (TPSA) is 55.1 Å². The zero-order chi connectivity index (χ0) is 11.7. The number of aromatic nitrogens is 2. The molecule has 1 aromatic heterocycles. The van der Waals surface area contributed by atoms with Gasteiger partial charge in [-0.2, -0.15) is 5.10 Å². The molecule has 0 saturated carbocycles. The van der Waals surface area contributed by atoms with E-state index < -0.39 is 5.97 Å². The van der Waals surface area contributed by atoms with E-state index in [1.54, 1.807) is 0 Å². The molecule has 0 atom stereocenters. The average molecular weight is 222 g/mol. The van der Waals surface area contributed by atoms with E-state index in [2.05, 4.69) is 5.10 Å². The summed E-state index contributed by atoms with van der Waals surface area (Å²) < 4.78 is 1.89. The highest BCUT2D eigenvalue weighted by Gasteiger charge is 2.22. The fourth-order valence-corrected chi connectivity index (χ4v) is 2.40. The Labute approximate surface area is 95.3 Å². The van der Waals surface area contributed by atoms with Crippen LogP contribution in [0.25, 0.3) is 0 Å². The summed E-state index contributed by atoms with van der Waals surface area (Å²) in [6.07, 6.45) is 4.42. The Kier molecular flexibility index (Phi) is 2.99. The largest absolute Gasteiger partial charge is 0.481 e. The molecule has 0 unspecified atom stereocenters. The zero-order valence-corrected chi connectivity index (χ0v) is 9.86. The van der Waals surface area contributed by atoms with E-state index >= 15 is 0 Å². The molecule has 1 N–H and O–H groups in total. The van der Waals surface area contributed by atoms with Crippen LogP contribution in [0.5, 0.6) is 0 Å². The maximum absolute atomic E-state index is 10.9. The van der Waals surface area contributed by atoms with Crippen LogP contribution in [-0.2, 0) is 24.1 Å². The number of fused-ring (bicyclic) bond motifs is 1. The van der Waals surface area contributed by atoms with Gasteiger partial charge in [0.05, 0.1) is 17.8 Å². The minimum Gasteiger partial charge on any atom is -0.481 e. The molecule has 0 radical (unpaired) electrons. The number of nitrogens with zero attached hydrogens (tertiary/aromatic N) is 2. The molecule has 4 heteroatoms. The van der Waals surface area contributed by atoms with E-state index in [4.69, 9.17) is 5.11 Å². The number of carboxylic acid groups (broad SMARTS) is 1. The van der Waals surface area contributed by atoms with Crippen LogP contribution in [0.2, 0.25) is 0 Å². The van der Waals surface area contributed by atoms with Crippen molar-refractivity contribution in [2.75, 3.05) is 0 Å². The Morgan fingerprint density at radius 1 is 1.44 bits per heavy atom. The van der Waals surface area contributed by atoms with Crippen LogP contribution in [0.15, 0.2) is 0 Å². The van der Waals surface area contributed by atoms with Crippen LogP contribution >= 0.6 is 0 Å². The van der Waals surface area contributed by atoms with E-state index in [0.29, 0.717) is 0 Å². The molecule has 1 heterocycles. The van der Waals surface area contributed by atoms with Crippen LogP contribution in [0.3, 0.4) is 0 Å². The van der Waals surface area contributed by atoms with Crippen molar-refractivity contribution in [3.8, 4) is 0 Å². The standard InChI is InChI=1S/C12H18N2O2/c1-8(2)14-11(7-12(15)16)9-5-3-4-6-10(9)13-14/h8H,3-7H2,1-2H3,(H,15,16). The van der Waals surface area contributed by atoms with E-state index in [9.17, 15) is 4.79 Å². The second kappa shape index (κ2) is 4.28. The van der Waals surface area contributed by atoms with Gasteiger partial charge in [0, 0.05) is 6.04 Å². The molecular weight excluding hydrogens is 204 g/mol. The number of carbonyl (C=O) groups is 1. The first kappa shape index (κ1) is 11.2. The van der Waals surface area contributed by atoms with Gasteiger partial charge in [0.2, 0.25) is 0 Å². The van der Waals surface area contributed by atoms with Gasteiger partial charge in [-0.15, -0.1) is 0 Å². The summed E-state index contributed by atoms with van der Waals surface area (Å²) in [5.74, 6) is -0.768. The van der Waals surface area contributed by atoms with E-state index in [1.807, 2.05) is 18.5 Å². The molecule has 0 aliphatic heterocycles. The highest BCUT2D eigenvalue weighted by Crippen LogP contribution is 2.26. The first-order chi connectivity index (χ1) is 7.59. The van der Waals surface area contributed by atoms with Gasteiger partial charge in [-0.25, -0.2) is 0 Å². The van der Waals surface area contributed by atoms with Crippen molar-refractivity contribution in [1.82, 2.24) is 9.78 Å². The third kappa shape index (κ3) is 1.96. The first-order valence-corrected chi connectivity index (χ1v) is 5.90. The lowest BCUT2D eigenvalue weighted by Crippen LogP contribution is -2.13. The molecule has 0 saturated heterocycles. The summed E-state index contributed by atoms with van der Waals surface area (Å²) >= 11 is 0. The second-order valence-electron chi connectivity index (χ2n) is 4.69. The summed E-state index contributed by atoms with van der Waals surface area (Å²) in [5.41, 5.74) is 3.23. The molecule has 1 aliphatic carbocycles. The van der Waals surface area contributed by atoms with Gasteiger partial charge in [-0.05, 0) is 45.1 Å². The maximum atomic E-state index is 10.9. The monoisotopic (exact) mass is 222 g/mol. The Hall–Kier alpha value is -1.32. The van der Waals surface area contributed by atoms with Crippen molar-refractivity contribution >= 4 is 5.97 Å². The number of aryl methyl sites for hydroxylation is 1. The highest BCUT2D eigenvalue weighted by atomic mass is 16.4. The summed E-state index contributed by atoms with van der Waals surface area (Å²) in [7, 11) is 0. The normalized spacial score (nSPS) is 15.2. The van der Waals surface area contributed by atoms with Gasteiger partial charge in [0.15, 0.2) is 0 Å². The SMILES string of the molecule is CC(C)n1nc2c(c1CC(=O)O)CCCC2. The minimum atomic E-state index is -0.768. The summed E-state index contributed by atoms with van der Waals surface area (Å²) in [5, 5.41) is 13.5. The van der Waals surface area contributed by atoms with E-state index in [-0.39, 0.29) is 12.5 Å². The Bertz CT molecular complexity index is 407. The molecule has 0 amide bonds. The second-order valence-corrected chi connectivity index (χ2v) is 4.69. The predicted molar refractivity (Wildman–Crippen MR) is 60.6 cm³/mol. The lowest BCUT2D eigenvalue weighted by Gasteiger charge is -2.12. The van der Waals surface area contributed by atoms with E-state index in [0.717, 1.165) is 30.7 Å². The first-order valence-electron chi connectivity index (χ1n) is 5.90. The number of hydrogen-bond acceptors (Lipinski definition) is 2. The third-order valence-electron chi connectivity index (χ3n) is 3.10. The Morgan fingerprint density at radius 3 is 2.75 bits per heavy atom. The van der Waals surface area contributed by atoms with Crippen LogP contribution in [0.4, 0.5) is 0 Å². The smallest absolute Gasteiger partial charge is 0.309 e. The van der Waals surface area contributed by atoms with Gasteiger partial charge >= 0.3 is 5.97 Å². The zero-order valence-electron chi connectivity index (χ0n) is 9.86. The molecule has 1 aliphatic rings. The Balaban J connectivity index is 2.44. The van der Waals surface area contributed by atoms with Crippen molar-refractivity contribution < 1.29 is 9.90 Å². The van der Waals surface area contributed by atoms with Crippen molar-refractivity contribution in [1.29, 1.82) is 0 Å². The summed E-state index contributed by atoms with van der Waals surface area (Å²) in [6, 6.07) is 0.236. The van der Waals surface area contributed by atoms with Crippen molar-refractivity contribution in [3.05, 3.63) is 17.0 Å². The maximum Gasteiger partial charge on any atom is 0.309 e. The van der Waals surface area contributed by atoms with Crippen molar-refractivity contribution in [3.63, 3.8) is 0 Å². The van der Waals surface area contributed by atoms with Crippen molar-refractivity contribution in [2.24, 2.45) is 0 Å². The molecule has 0 aromatic carbocycles. The van der Waals surface area contributed by atoms with Gasteiger partial charge in [-0.1, -0.05) is 0 Å². The summed E-state index contributed by atoms with van der Waals surface area (Å²) in [6.45, 7) is 4.09. The number of aliphatic carboxylic acids is 1. The van der Waals surface area contributed by atoms with Gasteiger partial charge < -0.3 is 5.11 Å². The highest BCUT2D eigenvalue weighted by molar-refractivity contribution is 5.70. The number of carboxylic acids is 1. The average Bonchev–Trinajstić information content (AvgIpc) is 2.57. The molecular formula is C12H18N2O2. The van der Waals surface area contributed by atoms with Gasteiger partial charge in [0.1, 0.15) is 0 Å². The molecule has 0 spiro atoms. The minimum absolute atomic E-state index is 0.0977. The molecule has 0 fully saturated rings. The molecule has 1 aromatic rings. The van der Waals surface area contributed by atoms with E-state index in [1.165, 1.54) is 12.0 Å². The van der Waals surface area contributed by atoms with Crippen LogP contribution < -0.4 is 0 Å². The lowest BCUT2D eigenvalue weighted by atomic mass is 9.95. The van der Waals surface area contributed by atoms with Crippen molar-refractivity contribution in [2.45, 2.75) is 52.0 Å². The fraction of sp³-hybridized carbons (Fsp3) is 0.667. The lowest BCUT2D eigenvalue weighted by molar-refractivity contribution is -0.136. The van der Waals surface area contributed by atoms with Crippen LogP contribution in [0.1, 0.15) is 49.7 Å².